The highest BCUT2D eigenvalue weighted by Gasteiger charge is 2.26. The molecule has 4 N–H and O–H groups in total. The largest absolute Gasteiger partial charge is 0.409 e. The number of nitrogens with one attached hydrogen (secondary N) is 1. The maximum Gasteiger partial charge on any atom is 0.227 e. The first kappa shape index (κ1) is 17.0. The van der Waals surface area contributed by atoms with Crippen molar-refractivity contribution in [3.63, 3.8) is 0 Å². The van der Waals surface area contributed by atoms with Crippen molar-refractivity contribution in [1.82, 2.24) is 5.32 Å². The molecule has 21 heavy (non-hydrogen) atoms. The molecule has 5 nitrogen and oxygen atoms in total. The first-order chi connectivity index (χ1) is 10.0. The van der Waals surface area contributed by atoms with Crippen LogP contribution in [0.3, 0.4) is 0 Å². The Morgan fingerprint density at radius 1 is 1.33 bits per heavy atom. The van der Waals surface area contributed by atoms with Crippen LogP contribution in [-0.4, -0.2) is 23.5 Å². The summed E-state index contributed by atoms with van der Waals surface area (Å²) in [5.74, 6) is -0.0437. The number of oxime groups is 1. The molecule has 116 valence electrons. The van der Waals surface area contributed by atoms with Gasteiger partial charge in [-0.1, -0.05) is 62.7 Å². The number of amides is 1. The van der Waals surface area contributed by atoms with Gasteiger partial charge in [-0.05, 0) is 11.5 Å². The quantitative estimate of drug-likeness (QED) is 0.312. The monoisotopic (exact) mass is 291 g/mol. The van der Waals surface area contributed by atoms with Crippen molar-refractivity contribution in [3.05, 3.63) is 35.9 Å². The van der Waals surface area contributed by atoms with Gasteiger partial charge in [-0.3, -0.25) is 4.79 Å². The fourth-order valence-electron chi connectivity index (χ4n) is 2.20. The summed E-state index contributed by atoms with van der Waals surface area (Å²) in [5, 5.41) is 14.5. The molecule has 0 aliphatic heterocycles. The van der Waals surface area contributed by atoms with Crippen LogP contribution in [0.5, 0.6) is 0 Å². The smallest absolute Gasteiger partial charge is 0.227 e. The van der Waals surface area contributed by atoms with Gasteiger partial charge in [-0.25, -0.2) is 0 Å². The number of carbonyl (C=O) groups excluding carboxylic acids is 1. The zero-order valence-corrected chi connectivity index (χ0v) is 12.9. The number of hydrogen-bond donors (Lipinski definition) is 3. The van der Waals surface area contributed by atoms with E-state index in [0.29, 0.717) is 6.54 Å². The average molecular weight is 291 g/mol. The van der Waals surface area contributed by atoms with Gasteiger partial charge in [-0.2, -0.15) is 0 Å². The topological polar surface area (TPSA) is 87.7 Å². The van der Waals surface area contributed by atoms with E-state index in [9.17, 15) is 4.79 Å². The Bertz CT molecular complexity index is 474. The van der Waals surface area contributed by atoms with Crippen molar-refractivity contribution in [2.75, 3.05) is 6.54 Å². The molecular formula is C16H25N3O2. The molecular weight excluding hydrogens is 266 g/mol. The lowest BCUT2D eigenvalue weighted by molar-refractivity contribution is -0.123. The predicted molar refractivity (Wildman–Crippen MR) is 84.2 cm³/mol. The van der Waals surface area contributed by atoms with Gasteiger partial charge in [0, 0.05) is 12.5 Å². The number of carbonyl (C=O) groups is 1. The minimum absolute atomic E-state index is 0.0202. The molecule has 0 aliphatic rings. The first-order valence-electron chi connectivity index (χ1n) is 7.31. The molecule has 0 fully saturated rings. The molecule has 0 saturated carbocycles. The van der Waals surface area contributed by atoms with Gasteiger partial charge in [0.2, 0.25) is 5.91 Å². The van der Waals surface area contributed by atoms with E-state index in [2.05, 4.69) is 24.3 Å². The number of amidine groups is 1. The fourth-order valence-corrected chi connectivity index (χ4v) is 2.20. The molecule has 0 bridgehead atoms. The molecule has 3 unspecified atom stereocenters. The lowest BCUT2D eigenvalue weighted by Crippen LogP contribution is -2.38. The average Bonchev–Trinajstić information content (AvgIpc) is 2.52. The van der Waals surface area contributed by atoms with E-state index in [1.165, 1.54) is 0 Å². The first-order valence-corrected chi connectivity index (χ1v) is 7.31. The van der Waals surface area contributed by atoms with Crippen molar-refractivity contribution in [2.24, 2.45) is 22.7 Å². The van der Waals surface area contributed by atoms with E-state index in [1.54, 1.807) is 6.92 Å². The second-order valence-corrected chi connectivity index (χ2v) is 5.44. The number of benzene rings is 1. The fraction of sp³-hybridized carbons (Fsp3) is 0.500. The van der Waals surface area contributed by atoms with Crippen LogP contribution in [0, 0.1) is 11.8 Å². The van der Waals surface area contributed by atoms with Crippen LogP contribution in [0.1, 0.15) is 38.7 Å². The van der Waals surface area contributed by atoms with Gasteiger partial charge < -0.3 is 16.3 Å². The lowest BCUT2D eigenvalue weighted by atomic mass is 9.85. The maximum absolute atomic E-state index is 12.5. The van der Waals surface area contributed by atoms with Gasteiger partial charge in [-0.15, -0.1) is 0 Å². The molecule has 1 aromatic carbocycles. The number of nitrogens with two attached hydrogens (primary N) is 1. The molecule has 0 spiro atoms. The third-order valence-corrected chi connectivity index (χ3v) is 3.86. The normalized spacial score (nSPS) is 16.0. The molecule has 1 rings (SSSR count). The van der Waals surface area contributed by atoms with E-state index in [4.69, 9.17) is 10.9 Å². The van der Waals surface area contributed by atoms with Gasteiger partial charge in [0.05, 0.1) is 5.92 Å². The SMILES string of the molecule is CCC(C)C(C(=O)NCC(C)C(N)=NO)c1ccccc1. The Morgan fingerprint density at radius 2 is 1.95 bits per heavy atom. The zero-order chi connectivity index (χ0) is 15.8. The van der Waals surface area contributed by atoms with Gasteiger partial charge in [0.15, 0.2) is 0 Å². The van der Waals surface area contributed by atoms with E-state index in [1.807, 2.05) is 30.3 Å². The molecule has 1 aromatic rings. The summed E-state index contributed by atoms with van der Waals surface area (Å²) in [4.78, 5) is 12.5. The Labute approximate surface area is 126 Å². The van der Waals surface area contributed by atoms with E-state index >= 15 is 0 Å². The van der Waals surface area contributed by atoms with Gasteiger partial charge >= 0.3 is 0 Å². The van der Waals surface area contributed by atoms with Crippen LogP contribution in [-0.2, 0) is 4.79 Å². The molecule has 0 aliphatic carbocycles. The van der Waals surface area contributed by atoms with Crippen LogP contribution in [0.4, 0.5) is 0 Å². The van der Waals surface area contributed by atoms with Gasteiger partial charge in [0.25, 0.3) is 0 Å². The third kappa shape index (κ3) is 4.77. The Morgan fingerprint density at radius 3 is 2.48 bits per heavy atom. The minimum atomic E-state index is -0.202. The Hall–Kier alpha value is -2.04. The molecule has 0 saturated heterocycles. The molecule has 5 heteroatoms. The van der Waals surface area contributed by atoms with E-state index < -0.39 is 0 Å². The minimum Gasteiger partial charge on any atom is -0.409 e. The highest BCUT2D eigenvalue weighted by molar-refractivity contribution is 5.86. The van der Waals surface area contributed by atoms with Crippen LogP contribution in [0.15, 0.2) is 35.5 Å². The third-order valence-electron chi connectivity index (χ3n) is 3.86. The number of nitrogens with zero attached hydrogens (tertiary/aromatic N) is 1. The van der Waals surface area contributed by atoms with E-state index in [0.717, 1.165) is 12.0 Å². The van der Waals surface area contributed by atoms with Crippen LogP contribution >= 0.6 is 0 Å². The lowest BCUT2D eigenvalue weighted by Gasteiger charge is -2.23. The Balaban J connectivity index is 2.78. The summed E-state index contributed by atoms with van der Waals surface area (Å²) in [6.45, 7) is 6.31. The second-order valence-electron chi connectivity index (χ2n) is 5.44. The van der Waals surface area contributed by atoms with Crippen molar-refractivity contribution >= 4 is 11.7 Å². The summed E-state index contributed by atoms with van der Waals surface area (Å²) in [6, 6.07) is 9.77. The maximum atomic E-state index is 12.5. The second kappa shape index (κ2) is 8.29. The summed E-state index contributed by atoms with van der Waals surface area (Å²) >= 11 is 0. The predicted octanol–water partition coefficient (Wildman–Crippen LogP) is 2.31. The Kier molecular flexibility index (Phi) is 6.72. The summed E-state index contributed by atoms with van der Waals surface area (Å²) in [7, 11) is 0. The number of rotatable bonds is 7. The highest BCUT2D eigenvalue weighted by Crippen LogP contribution is 2.27. The summed E-state index contributed by atoms with van der Waals surface area (Å²) in [5.41, 5.74) is 6.54. The molecule has 0 aromatic heterocycles. The van der Waals surface area contributed by atoms with Gasteiger partial charge in [0.1, 0.15) is 5.84 Å². The standard InChI is InChI=1S/C16H25N3O2/c1-4-11(2)14(13-8-6-5-7-9-13)16(20)18-10-12(3)15(17)19-21/h5-9,11-12,14,21H,4,10H2,1-3H3,(H2,17,19)(H,18,20). The van der Waals surface area contributed by atoms with Crippen molar-refractivity contribution in [3.8, 4) is 0 Å². The highest BCUT2D eigenvalue weighted by atomic mass is 16.4. The zero-order valence-electron chi connectivity index (χ0n) is 12.9. The number of hydrogen-bond acceptors (Lipinski definition) is 3. The molecule has 0 radical (unpaired) electrons. The molecule has 1 amide bonds. The van der Waals surface area contributed by atoms with Crippen LogP contribution in [0.2, 0.25) is 0 Å². The molecule has 0 heterocycles. The van der Waals surface area contributed by atoms with Crippen molar-refractivity contribution < 1.29 is 10.0 Å². The van der Waals surface area contributed by atoms with Crippen LogP contribution in [0.25, 0.3) is 0 Å². The summed E-state index contributed by atoms with van der Waals surface area (Å²) < 4.78 is 0. The van der Waals surface area contributed by atoms with E-state index in [-0.39, 0.29) is 29.5 Å². The molecule has 3 atom stereocenters. The van der Waals surface area contributed by atoms with Crippen LogP contribution < -0.4 is 11.1 Å². The van der Waals surface area contributed by atoms with Crippen molar-refractivity contribution in [1.29, 1.82) is 0 Å². The van der Waals surface area contributed by atoms with Crippen molar-refractivity contribution in [2.45, 2.75) is 33.1 Å². The summed E-state index contributed by atoms with van der Waals surface area (Å²) in [6.07, 6.45) is 0.919.